The van der Waals surface area contributed by atoms with E-state index in [1.54, 1.807) is 0 Å². The predicted octanol–water partition coefficient (Wildman–Crippen LogP) is 3.68. The average Bonchev–Trinajstić information content (AvgIpc) is 2.45. The Balaban J connectivity index is 2.07. The van der Waals surface area contributed by atoms with Gasteiger partial charge in [-0.2, -0.15) is 0 Å². The van der Waals surface area contributed by atoms with Crippen molar-refractivity contribution in [3.8, 4) is 11.4 Å². The van der Waals surface area contributed by atoms with Crippen LogP contribution in [0.1, 0.15) is 50.1 Å². The number of hydrogen-bond acceptors (Lipinski definition) is 3. The summed E-state index contributed by atoms with van der Waals surface area (Å²) < 4.78 is 0. The molecule has 0 saturated carbocycles. The summed E-state index contributed by atoms with van der Waals surface area (Å²) in [6.45, 7) is 6.69. The highest BCUT2D eigenvalue weighted by molar-refractivity contribution is 5.60. The molecule has 0 bridgehead atoms. The van der Waals surface area contributed by atoms with E-state index in [9.17, 15) is 0 Å². The van der Waals surface area contributed by atoms with Gasteiger partial charge in [-0.05, 0) is 30.2 Å². The molecule has 0 amide bonds. The van der Waals surface area contributed by atoms with E-state index in [0.29, 0.717) is 0 Å². The molecule has 1 heterocycles. The maximum absolute atomic E-state index is 6.29. The van der Waals surface area contributed by atoms with Crippen molar-refractivity contribution in [2.24, 2.45) is 11.1 Å². The Hall–Kier alpha value is -1.74. The molecule has 1 aromatic carbocycles. The van der Waals surface area contributed by atoms with Crippen LogP contribution in [0.5, 0.6) is 0 Å². The zero-order chi connectivity index (χ0) is 15.0. The minimum absolute atomic E-state index is 0.0548. The first-order valence-corrected chi connectivity index (χ1v) is 7.70. The number of rotatable bonds is 2. The van der Waals surface area contributed by atoms with Gasteiger partial charge in [-0.15, -0.1) is 0 Å². The van der Waals surface area contributed by atoms with Crippen molar-refractivity contribution >= 4 is 0 Å². The summed E-state index contributed by atoms with van der Waals surface area (Å²) in [5.41, 5.74) is 11.2. The van der Waals surface area contributed by atoms with Crippen LogP contribution in [0.4, 0.5) is 0 Å². The van der Waals surface area contributed by atoms with Gasteiger partial charge >= 0.3 is 0 Å². The van der Waals surface area contributed by atoms with Crippen LogP contribution in [-0.4, -0.2) is 9.97 Å². The Morgan fingerprint density at radius 2 is 2.05 bits per heavy atom. The highest BCUT2D eigenvalue weighted by Crippen LogP contribution is 2.39. The second-order valence-corrected chi connectivity index (χ2v) is 6.76. The van der Waals surface area contributed by atoms with Gasteiger partial charge in [-0.3, -0.25) is 0 Å². The van der Waals surface area contributed by atoms with Crippen molar-refractivity contribution in [1.82, 2.24) is 9.97 Å². The Kier molecular flexibility index (Phi) is 3.54. The molecule has 0 fully saturated rings. The molecule has 3 rings (SSSR count). The van der Waals surface area contributed by atoms with Crippen molar-refractivity contribution in [3.05, 3.63) is 47.3 Å². The second-order valence-electron chi connectivity index (χ2n) is 6.76. The first-order valence-electron chi connectivity index (χ1n) is 7.70. The molecule has 0 saturated heterocycles. The van der Waals surface area contributed by atoms with Crippen LogP contribution in [0.3, 0.4) is 0 Å². The number of aromatic nitrogens is 2. The molecule has 2 N–H and O–H groups in total. The number of hydrogen-bond donors (Lipinski definition) is 1. The number of benzene rings is 1. The first kappa shape index (κ1) is 14.2. The zero-order valence-electron chi connectivity index (χ0n) is 13.1. The van der Waals surface area contributed by atoms with Crippen molar-refractivity contribution in [2.75, 3.05) is 0 Å². The third kappa shape index (κ3) is 2.70. The number of fused-ring (bicyclic) bond motifs is 1. The summed E-state index contributed by atoms with van der Waals surface area (Å²) in [6.07, 6.45) is 4.89. The van der Waals surface area contributed by atoms with Crippen LogP contribution in [-0.2, 0) is 12.8 Å². The molecule has 110 valence electrons. The minimum Gasteiger partial charge on any atom is -0.324 e. The van der Waals surface area contributed by atoms with E-state index < -0.39 is 0 Å². The number of nitrogens with two attached hydrogens (primary N) is 1. The van der Waals surface area contributed by atoms with Gasteiger partial charge in [0.05, 0.1) is 0 Å². The molecule has 0 spiro atoms. The van der Waals surface area contributed by atoms with Gasteiger partial charge in [0.25, 0.3) is 0 Å². The molecular formula is C18H23N3. The van der Waals surface area contributed by atoms with Gasteiger partial charge in [0.15, 0.2) is 5.82 Å². The van der Waals surface area contributed by atoms with Crippen LogP contribution in [0.15, 0.2) is 30.5 Å². The highest BCUT2D eigenvalue weighted by atomic mass is 14.9. The number of nitrogens with zero attached hydrogens (tertiary/aromatic N) is 2. The topological polar surface area (TPSA) is 51.8 Å². The lowest BCUT2D eigenvalue weighted by Gasteiger charge is -2.34. The third-order valence-corrected chi connectivity index (χ3v) is 4.36. The molecule has 3 nitrogen and oxygen atoms in total. The summed E-state index contributed by atoms with van der Waals surface area (Å²) in [7, 11) is 0. The van der Waals surface area contributed by atoms with E-state index >= 15 is 0 Å². The van der Waals surface area contributed by atoms with Gasteiger partial charge in [0.2, 0.25) is 0 Å². The van der Waals surface area contributed by atoms with Gasteiger partial charge in [0, 0.05) is 29.1 Å². The average molecular weight is 281 g/mol. The normalized spacial score (nSPS) is 20.1. The maximum Gasteiger partial charge on any atom is 0.159 e. The van der Waals surface area contributed by atoms with Gasteiger partial charge < -0.3 is 5.73 Å². The maximum atomic E-state index is 6.29. The standard InChI is InChI=1S/C18H23N3/c1-4-12-7-5-6-8-13(12)17-20-11-14-15(19)9-18(2,3)10-16(14)21-17/h5-8,11,15H,4,9-10,19H2,1-3H3. The second kappa shape index (κ2) is 5.23. The van der Waals surface area contributed by atoms with Crippen LogP contribution in [0.25, 0.3) is 11.4 Å². The van der Waals surface area contributed by atoms with Gasteiger partial charge in [0.1, 0.15) is 0 Å². The summed E-state index contributed by atoms with van der Waals surface area (Å²) >= 11 is 0. The molecule has 21 heavy (non-hydrogen) atoms. The van der Waals surface area contributed by atoms with Gasteiger partial charge in [-0.25, -0.2) is 9.97 Å². The van der Waals surface area contributed by atoms with E-state index in [0.717, 1.165) is 41.9 Å². The van der Waals surface area contributed by atoms with Crippen LogP contribution in [0, 0.1) is 5.41 Å². The molecule has 1 aromatic heterocycles. The molecule has 2 aromatic rings. The van der Waals surface area contributed by atoms with E-state index in [4.69, 9.17) is 10.7 Å². The summed E-state index contributed by atoms with van der Waals surface area (Å²) in [4.78, 5) is 9.43. The Morgan fingerprint density at radius 1 is 1.29 bits per heavy atom. The summed E-state index contributed by atoms with van der Waals surface area (Å²) in [5, 5.41) is 0. The predicted molar refractivity (Wildman–Crippen MR) is 85.9 cm³/mol. The minimum atomic E-state index is 0.0548. The Morgan fingerprint density at radius 3 is 2.81 bits per heavy atom. The van der Waals surface area contributed by atoms with Crippen LogP contribution >= 0.6 is 0 Å². The Labute approximate surface area is 126 Å². The summed E-state index contributed by atoms with van der Waals surface area (Å²) in [5.74, 6) is 0.830. The molecular weight excluding hydrogens is 258 g/mol. The molecule has 1 aliphatic carbocycles. The van der Waals surface area contributed by atoms with E-state index in [1.165, 1.54) is 5.56 Å². The fourth-order valence-corrected chi connectivity index (χ4v) is 3.29. The third-order valence-electron chi connectivity index (χ3n) is 4.36. The van der Waals surface area contributed by atoms with Crippen molar-refractivity contribution < 1.29 is 0 Å². The van der Waals surface area contributed by atoms with Crippen molar-refractivity contribution in [2.45, 2.75) is 46.1 Å². The fourth-order valence-electron chi connectivity index (χ4n) is 3.29. The monoisotopic (exact) mass is 281 g/mol. The molecule has 0 aliphatic heterocycles. The first-order chi connectivity index (χ1) is 10.00. The Bertz CT molecular complexity index is 661. The smallest absolute Gasteiger partial charge is 0.159 e. The van der Waals surface area contributed by atoms with E-state index in [-0.39, 0.29) is 11.5 Å². The fraction of sp³-hybridized carbons (Fsp3) is 0.444. The quantitative estimate of drug-likeness (QED) is 0.913. The van der Waals surface area contributed by atoms with E-state index in [2.05, 4.69) is 44.0 Å². The lowest BCUT2D eigenvalue weighted by Crippen LogP contribution is -2.30. The lowest BCUT2D eigenvalue weighted by molar-refractivity contribution is 0.278. The SMILES string of the molecule is CCc1ccccc1-c1ncc2c(n1)CC(C)(C)CC2N. The molecule has 3 heteroatoms. The van der Waals surface area contributed by atoms with Crippen molar-refractivity contribution in [1.29, 1.82) is 0 Å². The number of aryl methyl sites for hydroxylation is 1. The molecule has 1 atom stereocenters. The lowest BCUT2D eigenvalue weighted by atomic mass is 9.74. The van der Waals surface area contributed by atoms with Crippen molar-refractivity contribution in [3.63, 3.8) is 0 Å². The van der Waals surface area contributed by atoms with Gasteiger partial charge in [-0.1, -0.05) is 45.0 Å². The van der Waals surface area contributed by atoms with Crippen LogP contribution < -0.4 is 5.73 Å². The highest BCUT2D eigenvalue weighted by Gasteiger charge is 2.31. The van der Waals surface area contributed by atoms with Crippen LogP contribution in [0.2, 0.25) is 0 Å². The molecule has 1 unspecified atom stereocenters. The largest absolute Gasteiger partial charge is 0.324 e. The van der Waals surface area contributed by atoms with E-state index in [1.807, 2.05) is 12.3 Å². The molecule has 0 radical (unpaired) electrons. The zero-order valence-corrected chi connectivity index (χ0v) is 13.1. The molecule has 1 aliphatic rings. The summed E-state index contributed by atoms with van der Waals surface area (Å²) in [6, 6.07) is 8.42.